The standard InChI is InChI=1S/C12H16ClFN2O2S/c1-12(7-15)4-5-16(8-12)19(17,18)11-6-9(13)2-3-10(11)14/h2-3,6H,4-5,7-8,15H2,1H3. The number of nitrogens with zero attached hydrogens (tertiary/aromatic N) is 1. The Morgan fingerprint density at radius 3 is 2.79 bits per heavy atom. The highest BCUT2D eigenvalue weighted by molar-refractivity contribution is 7.89. The predicted octanol–water partition coefficient (Wildman–Crippen LogP) is 1.84. The van der Waals surface area contributed by atoms with Crippen LogP contribution in [0.25, 0.3) is 0 Å². The van der Waals surface area contributed by atoms with Crippen LogP contribution < -0.4 is 5.73 Å². The van der Waals surface area contributed by atoms with E-state index in [2.05, 4.69) is 0 Å². The van der Waals surface area contributed by atoms with Crippen molar-refractivity contribution in [1.82, 2.24) is 4.31 Å². The summed E-state index contributed by atoms with van der Waals surface area (Å²) < 4.78 is 39.8. The lowest BCUT2D eigenvalue weighted by Gasteiger charge is -2.22. The number of rotatable bonds is 3. The molecule has 0 amide bonds. The van der Waals surface area contributed by atoms with Crippen molar-refractivity contribution in [1.29, 1.82) is 0 Å². The molecule has 1 fully saturated rings. The average molecular weight is 307 g/mol. The zero-order valence-electron chi connectivity index (χ0n) is 10.6. The van der Waals surface area contributed by atoms with Gasteiger partial charge >= 0.3 is 0 Å². The SMILES string of the molecule is CC1(CN)CCN(S(=O)(=O)c2cc(Cl)ccc2F)C1. The molecule has 4 nitrogen and oxygen atoms in total. The number of hydrogen-bond acceptors (Lipinski definition) is 3. The molecule has 1 saturated heterocycles. The Hall–Kier alpha value is -0.690. The van der Waals surface area contributed by atoms with Crippen LogP contribution in [0.2, 0.25) is 5.02 Å². The summed E-state index contributed by atoms with van der Waals surface area (Å²) in [4.78, 5) is -0.374. The fourth-order valence-electron chi connectivity index (χ4n) is 2.16. The van der Waals surface area contributed by atoms with Crippen LogP contribution in [0.5, 0.6) is 0 Å². The first kappa shape index (κ1) is 14.7. The van der Waals surface area contributed by atoms with Gasteiger partial charge in [-0.1, -0.05) is 18.5 Å². The third-order valence-electron chi connectivity index (χ3n) is 3.53. The number of sulfonamides is 1. The Bertz CT molecular complexity index is 593. The summed E-state index contributed by atoms with van der Waals surface area (Å²) in [5, 5.41) is 0.195. The number of nitrogens with two attached hydrogens (primary N) is 1. The van der Waals surface area contributed by atoms with Crippen molar-refractivity contribution in [2.45, 2.75) is 18.2 Å². The van der Waals surface area contributed by atoms with Crippen LogP contribution in [0.15, 0.2) is 23.1 Å². The second-order valence-electron chi connectivity index (χ2n) is 5.18. The summed E-state index contributed by atoms with van der Waals surface area (Å²) in [6.07, 6.45) is 0.672. The van der Waals surface area contributed by atoms with Gasteiger partial charge in [0, 0.05) is 18.1 Å². The average Bonchev–Trinajstić information content (AvgIpc) is 2.76. The maximum atomic E-state index is 13.7. The predicted molar refractivity (Wildman–Crippen MR) is 71.9 cm³/mol. The maximum absolute atomic E-state index is 13.7. The molecule has 1 aliphatic heterocycles. The van der Waals surface area contributed by atoms with Gasteiger partial charge in [0.2, 0.25) is 10.0 Å². The van der Waals surface area contributed by atoms with Gasteiger partial charge in [0.15, 0.2) is 0 Å². The largest absolute Gasteiger partial charge is 0.330 e. The quantitative estimate of drug-likeness (QED) is 0.927. The minimum atomic E-state index is -3.85. The van der Waals surface area contributed by atoms with Gasteiger partial charge in [0.1, 0.15) is 10.7 Å². The molecule has 0 saturated carbocycles. The van der Waals surface area contributed by atoms with E-state index in [9.17, 15) is 12.8 Å². The van der Waals surface area contributed by atoms with E-state index in [1.807, 2.05) is 6.92 Å². The van der Waals surface area contributed by atoms with Crippen LogP contribution in [0.1, 0.15) is 13.3 Å². The molecule has 0 aromatic heterocycles. The van der Waals surface area contributed by atoms with Crippen molar-refractivity contribution < 1.29 is 12.8 Å². The molecule has 2 rings (SSSR count). The van der Waals surface area contributed by atoms with Crippen LogP contribution in [0, 0.1) is 11.2 Å². The Kier molecular flexibility index (Phi) is 3.88. The topological polar surface area (TPSA) is 63.4 Å². The first-order valence-corrected chi connectivity index (χ1v) is 7.76. The Balaban J connectivity index is 2.36. The molecule has 0 aliphatic carbocycles. The maximum Gasteiger partial charge on any atom is 0.246 e. The van der Waals surface area contributed by atoms with Crippen molar-refractivity contribution in [3.05, 3.63) is 29.0 Å². The fourth-order valence-corrected chi connectivity index (χ4v) is 4.08. The summed E-state index contributed by atoms with van der Waals surface area (Å²) in [6.45, 7) is 2.98. The van der Waals surface area contributed by atoms with E-state index in [0.717, 1.165) is 12.1 Å². The van der Waals surface area contributed by atoms with Crippen molar-refractivity contribution >= 4 is 21.6 Å². The smallest absolute Gasteiger partial charge is 0.246 e. The molecule has 1 aromatic rings. The zero-order valence-corrected chi connectivity index (χ0v) is 12.1. The van der Waals surface area contributed by atoms with Gasteiger partial charge in [-0.2, -0.15) is 4.31 Å². The Morgan fingerprint density at radius 1 is 1.53 bits per heavy atom. The molecule has 1 aliphatic rings. The van der Waals surface area contributed by atoms with E-state index in [1.165, 1.54) is 10.4 Å². The van der Waals surface area contributed by atoms with Crippen molar-refractivity contribution in [2.24, 2.45) is 11.1 Å². The van der Waals surface area contributed by atoms with E-state index in [0.29, 0.717) is 26.1 Å². The van der Waals surface area contributed by atoms with Crippen LogP contribution in [0.3, 0.4) is 0 Å². The second-order valence-corrected chi connectivity index (χ2v) is 7.52. The number of benzene rings is 1. The molecule has 106 valence electrons. The lowest BCUT2D eigenvalue weighted by Crippen LogP contribution is -2.34. The van der Waals surface area contributed by atoms with E-state index in [-0.39, 0.29) is 15.3 Å². The molecule has 1 unspecified atom stereocenters. The van der Waals surface area contributed by atoms with Crippen molar-refractivity contribution in [2.75, 3.05) is 19.6 Å². The second kappa shape index (κ2) is 5.01. The first-order chi connectivity index (χ1) is 8.78. The minimum absolute atomic E-state index is 0.195. The van der Waals surface area contributed by atoms with Crippen LogP contribution in [0.4, 0.5) is 4.39 Å². The highest BCUT2D eigenvalue weighted by Crippen LogP contribution is 2.33. The zero-order chi connectivity index (χ0) is 14.3. The van der Waals surface area contributed by atoms with Gasteiger partial charge in [0.25, 0.3) is 0 Å². The van der Waals surface area contributed by atoms with Crippen molar-refractivity contribution in [3.8, 4) is 0 Å². The summed E-state index contributed by atoms with van der Waals surface area (Å²) in [5.41, 5.74) is 5.40. The molecular formula is C12H16ClFN2O2S. The summed E-state index contributed by atoms with van der Waals surface area (Å²) in [7, 11) is -3.85. The molecular weight excluding hydrogens is 291 g/mol. The van der Waals surface area contributed by atoms with Crippen LogP contribution >= 0.6 is 11.6 Å². The van der Waals surface area contributed by atoms with Crippen LogP contribution in [-0.4, -0.2) is 32.4 Å². The highest BCUT2D eigenvalue weighted by Gasteiger charge is 2.39. The summed E-state index contributed by atoms with van der Waals surface area (Å²) in [5.74, 6) is -0.786. The molecule has 1 heterocycles. The van der Waals surface area contributed by atoms with Gasteiger partial charge in [-0.15, -0.1) is 0 Å². The summed E-state index contributed by atoms with van der Waals surface area (Å²) in [6, 6.07) is 3.53. The third kappa shape index (κ3) is 2.76. The molecule has 1 aromatic carbocycles. The van der Waals surface area contributed by atoms with E-state index in [4.69, 9.17) is 17.3 Å². The van der Waals surface area contributed by atoms with Gasteiger partial charge < -0.3 is 5.73 Å². The fraction of sp³-hybridized carbons (Fsp3) is 0.500. The molecule has 0 bridgehead atoms. The van der Waals surface area contributed by atoms with Gasteiger partial charge in [0.05, 0.1) is 0 Å². The summed E-state index contributed by atoms with van der Waals surface area (Å²) >= 11 is 5.74. The van der Waals surface area contributed by atoms with E-state index in [1.54, 1.807) is 0 Å². The number of halogens is 2. The Morgan fingerprint density at radius 2 is 2.21 bits per heavy atom. The third-order valence-corrected chi connectivity index (χ3v) is 5.62. The molecule has 0 spiro atoms. The molecule has 1 atom stereocenters. The van der Waals surface area contributed by atoms with Gasteiger partial charge in [-0.05, 0) is 36.6 Å². The van der Waals surface area contributed by atoms with E-state index >= 15 is 0 Å². The first-order valence-electron chi connectivity index (χ1n) is 5.94. The van der Waals surface area contributed by atoms with Crippen molar-refractivity contribution in [3.63, 3.8) is 0 Å². The lowest BCUT2D eigenvalue weighted by molar-refractivity contribution is 0.349. The number of hydrogen-bond donors (Lipinski definition) is 1. The molecule has 2 N–H and O–H groups in total. The molecule has 7 heteroatoms. The monoisotopic (exact) mass is 306 g/mol. The minimum Gasteiger partial charge on any atom is -0.330 e. The van der Waals surface area contributed by atoms with Gasteiger partial charge in [-0.3, -0.25) is 0 Å². The molecule has 19 heavy (non-hydrogen) atoms. The Labute approximate surface area is 117 Å². The van der Waals surface area contributed by atoms with Gasteiger partial charge in [-0.25, -0.2) is 12.8 Å². The lowest BCUT2D eigenvalue weighted by atomic mass is 9.90. The normalized spacial score (nSPS) is 24.8. The van der Waals surface area contributed by atoms with E-state index < -0.39 is 15.8 Å². The van der Waals surface area contributed by atoms with Crippen LogP contribution in [-0.2, 0) is 10.0 Å². The molecule has 0 radical (unpaired) electrons. The highest BCUT2D eigenvalue weighted by atomic mass is 35.5.